The molecule has 3 heteroatoms. The van der Waals surface area contributed by atoms with Crippen molar-refractivity contribution in [1.82, 2.24) is 0 Å². The lowest BCUT2D eigenvalue weighted by Gasteiger charge is -2.13. The van der Waals surface area contributed by atoms with E-state index >= 15 is 0 Å². The Labute approximate surface area is 127 Å². The third-order valence-corrected chi connectivity index (χ3v) is 4.17. The lowest BCUT2D eigenvalue weighted by atomic mass is 9.99. The minimum Gasteiger partial charge on any atom is -0.207 e. The van der Waals surface area contributed by atoms with Crippen molar-refractivity contribution in [2.24, 2.45) is 5.92 Å². The van der Waals surface area contributed by atoms with E-state index in [0.717, 1.165) is 18.1 Å². The molecule has 1 unspecified atom stereocenters. The number of alkyl halides is 1. The van der Waals surface area contributed by atoms with Crippen molar-refractivity contribution in [3.8, 4) is 0 Å². The van der Waals surface area contributed by atoms with Gasteiger partial charge >= 0.3 is 0 Å². The van der Waals surface area contributed by atoms with E-state index in [0.29, 0.717) is 11.5 Å². The highest BCUT2D eigenvalue weighted by molar-refractivity contribution is 9.09. The van der Waals surface area contributed by atoms with Crippen LogP contribution >= 0.6 is 15.9 Å². The number of hydrogen-bond donors (Lipinski definition) is 0. The predicted molar refractivity (Wildman–Crippen MR) is 82.1 cm³/mol. The number of benzene rings is 2. The monoisotopic (exact) mass is 338 g/mol. The molecule has 0 fully saturated rings. The van der Waals surface area contributed by atoms with Crippen LogP contribution < -0.4 is 0 Å². The normalized spacial score (nSPS) is 12.7. The van der Waals surface area contributed by atoms with Gasteiger partial charge in [-0.15, -0.1) is 0 Å². The van der Waals surface area contributed by atoms with E-state index in [1.165, 1.54) is 17.7 Å². The summed E-state index contributed by atoms with van der Waals surface area (Å²) in [7, 11) is 0. The number of hydrogen-bond acceptors (Lipinski definition) is 0. The molecule has 0 bridgehead atoms. The van der Waals surface area contributed by atoms with Crippen LogP contribution in [0.25, 0.3) is 0 Å². The van der Waals surface area contributed by atoms with Crippen LogP contribution in [-0.4, -0.2) is 0 Å². The van der Waals surface area contributed by atoms with E-state index in [4.69, 9.17) is 0 Å². The first-order valence-corrected chi connectivity index (χ1v) is 7.57. The average molecular weight is 339 g/mol. The lowest BCUT2D eigenvalue weighted by molar-refractivity contribution is 0.574. The van der Waals surface area contributed by atoms with Crippen molar-refractivity contribution < 1.29 is 8.78 Å². The van der Waals surface area contributed by atoms with Crippen LogP contribution in [0.1, 0.15) is 35.4 Å². The van der Waals surface area contributed by atoms with Crippen LogP contribution in [0.4, 0.5) is 8.78 Å². The summed E-state index contributed by atoms with van der Waals surface area (Å²) in [5.41, 5.74) is 2.68. The standard InChI is InChI=1S/C17H17BrF2/c1-11(2)9-12-3-5-13(6-4-12)17(18)15-8-7-14(19)10-16(15)20/h3-8,10-11,17H,9H2,1-2H3. The van der Waals surface area contributed by atoms with Gasteiger partial charge in [-0.3, -0.25) is 0 Å². The number of halogens is 3. The fraction of sp³-hybridized carbons (Fsp3) is 0.294. The molecule has 20 heavy (non-hydrogen) atoms. The Bertz CT molecular complexity index is 576. The van der Waals surface area contributed by atoms with Gasteiger partial charge < -0.3 is 0 Å². The zero-order chi connectivity index (χ0) is 14.7. The van der Waals surface area contributed by atoms with Crippen LogP contribution in [0.5, 0.6) is 0 Å². The minimum atomic E-state index is -0.557. The molecule has 2 aromatic rings. The molecule has 0 heterocycles. The van der Waals surface area contributed by atoms with Gasteiger partial charge in [0.1, 0.15) is 11.6 Å². The summed E-state index contributed by atoms with van der Waals surface area (Å²) in [6.45, 7) is 4.35. The lowest BCUT2D eigenvalue weighted by Crippen LogP contribution is -1.99. The molecule has 0 aliphatic rings. The molecule has 0 aromatic heterocycles. The van der Waals surface area contributed by atoms with Gasteiger partial charge in [0, 0.05) is 11.6 Å². The van der Waals surface area contributed by atoms with Crippen molar-refractivity contribution in [3.05, 3.63) is 70.8 Å². The van der Waals surface area contributed by atoms with Crippen molar-refractivity contribution in [1.29, 1.82) is 0 Å². The van der Waals surface area contributed by atoms with Gasteiger partial charge in [-0.1, -0.05) is 60.1 Å². The second-order valence-electron chi connectivity index (χ2n) is 5.37. The molecule has 0 spiro atoms. The molecule has 0 N–H and O–H groups in total. The van der Waals surface area contributed by atoms with Crippen molar-refractivity contribution >= 4 is 15.9 Å². The largest absolute Gasteiger partial charge is 0.207 e. The molecule has 0 nitrogen and oxygen atoms in total. The van der Waals surface area contributed by atoms with E-state index < -0.39 is 11.6 Å². The van der Waals surface area contributed by atoms with Crippen molar-refractivity contribution in [2.45, 2.75) is 25.1 Å². The maximum Gasteiger partial charge on any atom is 0.130 e. The Morgan fingerprint density at radius 2 is 1.65 bits per heavy atom. The molecule has 1 atom stereocenters. The smallest absolute Gasteiger partial charge is 0.130 e. The summed E-state index contributed by atoms with van der Waals surface area (Å²) < 4.78 is 26.7. The predicted octanol–water partition coefficient (Wildman–Crippen LogP) is 5.65. The molecular weight excluding hydrogens is 322 g/mol. The van der Waals surface area contributed by atoms with Crippen molar-refractivity contribution in [2.75, 3.05) is 0 Å². The maximum atomic E-state index is 13.8. The first-order valence-electron chi connectivity index (χ1n) is 6.65. The van der Waals surface area contributed by atoms with E-state index in [-0.39, 0.29) is 4.83 Å². The van der Waals surface area contributed by atoms with Gasteiger partial charge in [0.2, 0.25) is 0 Å². The van der Waals surface area contributed by atoms with E-state index in [9.17, 15) is 8.78 Å². The highest BCUT2D eigenvalue weighted by Crippen LogP contribution is 2.32. The van der Waals surface area contributed by atoms with E-state index in [1.54, 1.807) is 0 Å². The SMILES string of the molecule is CC(C)Cc1ccc(C(Br)c2ccc(F)cc2F)cc1. The molecule has 0 aliphatic carbocycles. The summed E-state index contributed by atoms with van der Waals surface area (Å²) in [5, 5.41) is 0. The molecule has 0 radical (unpaired) electrons. The molecule has 2 rings (SSSR count). The van der Waals surface area contributed by atoms with Crippen LogP contribution in [0.3, 0.4) is 0 Å². The number of rotatable bonds is 4. The Hall–Kier alpha value is -1.22. The first-order chi connectivity index (χ1) is 9.47. The summed E-state index contributed by atoms with van der Waals surface area (Å²) in [5.74, 6) is -0.480. The van der Waals surface area contributed by atoms with Gasteiger partial charge in [0.05, 0.1) is 4.83 Å². The molecular formula is C17H17BrF2. The minimum absolute atomic E-state index is 0.267. The van der Waals surface area contributed by atoms with Crippen LogP contribution in [0.15, 0.2) is 42.5 Å². The molecule has 106 valence electrons. The summed E-state index contributed by atoms with van der Waals surface area (Å²) in [6.07, 6.45) is 1.03. The molecule has 0 saturated carbocycles. The van der Waals surface area contributed by atoms with Gasteiger partial charge in [-0.2, -0.15) is 0 Å². The molecule has 2 aromatic carbocycles. The van der Waals surface area contributed by atoms with Crippen LogP contribution in [0, 0.1) is 17.6 Å². The quantitative estimate of drug-likeness (QED) is 0.632. The van der Waals surface area contributed by atoms with Gasteiger partial charge in [0.25, 0.3) is 0 Å². The van der Waals surface area contributed by atoms with E-state index in [2.05, 4.69) is 41.9 Å². The zero-order valence-corrected chi connectivity index (χ0v) is 13.1. The van der Waals surface area contributed by atoms with Crippen LogP contribution in [-0.2, 0) is 6.42 Å². The fourth-order valence-corrected chi connectivity index (χ4v) is 2.86. The Morgan fingerprint density at radius 1 is 1.00 bits per heavy atom. The Kier molecular flexibility index (Phi) is 4.92. The highest BCUT2D eigenvalue weighted by Gasteiger charge is 2.15. The highest BCUT2D eigenvalue weighted by atomic mass is 79.9. The summed E-state index contributed by atoms with van der Waals surface area (Å²) in [4.78, 5) is -0.267. The Morgan fingerprint density at radius 3 is 2.20 bits per heavy atom. The first kappa shape index (κ1) is 15.2. The third kappa shape index (κ3) is 3.66. The maximum absolute atomic E-state index is 13.8. The average Bonchev–Trinajstić information content (AvgIpc) is 2.38. The van der Waals surface area contributed by atoms with E-state index in [1.807, 2.05) is 12.1 Å². The fourth-order valence-electron chi connectivity index (χ4n) is 2.18. The zero-order valence-electron chi connectivity index (χ0n) is 11.5. The third-order valence-electron chi connectivity index (χ3n) is 3.15. The second kappa shape index (κ2) is 6.49. The Balaban J connectivity index is 2.22. The molecule has 0 amide bonds. The van der Waals surface area contributed by atoms with Gasteiger partial charge in [0.15, 0.2) is 0 Å². The second-order valence-corrected chi connectivity index (χ2v) is 6.28. The summed E-state index contributed by atoms with van der Waals surface area (Å²) in [6, 6.07) is 11.8. The van der Waals surface area contributed by atoms with Crippen molar-refractivity contribution in [3.63, 3.8) is 0 Å². The van der Waals surface area contributed by atoms with Gasteiger partial charge in [-0.25, -0.2) is 8.78 Å². The molecule has 0 aliphatic heterocycles. The summed E-state index contributed by atoms with van der Waals surface area (Å²) >= 11 is 3.48. The van der Waals surface area contributed by atoms with Crippen LogP contribution in [0.2, 0.25) is 0 Å². The van der Waals surface area contributed by atoms with Gasteiger partial charge in [-0.05, 0) is 29.5 Å². The molecule has 0 saturated heterocycles. The topological polar surface area (TPSA) is 0 Å².